The molecule has 0 spiro atoms. The number of piperidine rings is 1. The third kappa shape index (κ3) is 4.49. The maximum absolute atomic E-state index is 6.01. The van der Waals surface area contributed by atoms with Gasteiger partial charge in [-0.3, -0.25) is 4.90 Å². The molecule has 3 heteroatoms. The Morgan fingerprint density at radius 2 is 2.27 bits per heavy atom. The minimum absolute atomic E-state index is 0.174. The summed E-state index contributed by atoms with van der Waals surface area (Å²) in [6.45, 7) is 5.16. The number of rotatable bonds is 6. The smallest absolute Gasteiger partial charge is 0.0626 e. The Morgan fingerprint density at radius 1 is 1.47 bits per heavy atom. The molecule has 2 atom stereocenters. The second-order valence-corrected chi connectivity index (χ2v) is 4.65. The largest absolute Gasteiger partial charge is 0.383 e. The molecule has 90 valence electrons. The average molecular weight is 214 g/mol. The van der Waals surface area contributed by atoms with Crippen molar-refractivity contribution in [1.82, 2.24) is 4.90 Å². The Hall–Kier alpha value is -0.120. The van der Waals surface area contributed by atoms with Crippen LogP contribution in [-0.4, -0.2) is 43.8 Å². The lowest BCUT2D eigenvalue weighted by Crippen LogP contribution is -2.47. The minimum atomic E-state index is 0.174. The van der Waals surface area contributed by atoms with E-state index in [1.54, 1.807) is 7.11 Å². The van der Waals surface area contributed by atoms with Crippen LogP contribution in [0.2, 0.25) is 0 Å². The van der Waals surface area contributed by atoms with Crippen molar-refractivity contribution in [2.24, 2.45) is 5.73 Å². The van der Waals surface area contributed by atoms with Crippen molar-refractivity contribution in [3.8, 4) is 0 Å². The summed E-state index contributed by atoms with van der Waals surface area (Å²) in [6.07, 6.45) is 6.68. The Balaban J connectivity index is 2.34. The molecule has 1 aliphatic heterocycles. The maximum atomic E-state index is 6.01. The number of likely N-dealkylation sites (tertiary alicyclic amines) is 1. The third-order valence-electron chi connectivity index (χ3n) is 3.22. The zero-order valence-corrected chi connectivity index (χ0v) is 10.2. The predicted octanol–water partition coefficient (Wildman–Crippen LogP) is 1.61. The van der Waals surface area contributed by atoms with Gasteiger partial charge in [-0.15, -0.1) is 0 Å². The number of nitrogens with zero attached hydrogens (tertiary/aromatic N) is 1. The van der Waals surface area contributed by atoms with Crippen LogP contribution in [0.4, 0.5) is 0 Å². The molecule has 1 fully saturated rings. The van der Waals surface area contributed by atoms with Gasteiger partial charge in [-0.2, -0.15) is 0 Å². The molecule has 1 aliphatic rings. The molecule has 0 aromatic carbocycles. The van der Waals surface area contributed by atoms with Gasteiger partial charge in [-0.05, 0) is 25.8 Å². The highest BCUT2D eigenvalue weighted by Crippen LogP contribution is 2.20. The van der Waals surface area contributed by atoms with E-state index in [1.165, 1.54) is 38.6 Å². The number of methoxy groups -OCH3 is 1. The Morgan fingerprint density at radius 3 is 2.93 bits per heavy atom. The van der Waals surface area contributed by atoms with Crippen LogP contribution in [0.3, 0.4) is 0 Å². The Bertz CT molecular complexity index is 162. The average Bonchev–Trinajstić information content (AvgIpc) is 2.21. The first kappa shape index (κ1) is 12.9. The van der Waals surface area contributed by atoms with Crippen molar-refractivity contribution in [2.75, 3.05) is 26.8 Å². The van der Waals surface area contributed by atoms with Crippen LogP contribution >= 0.6 is 0 Å². The molecule has 2 N–H and O–H groups in total. The van der Waals surface area contributed by atoms with E-state index in [1.807, 2.05) is 0 Å². The summed E-state index contributed by atoms with van der Waals surface area (Å²) in [5.41, 5.74) is 6.01. The fourth-order valence-corrected chi connectivity index (χ4v) is 2.53. The second-order valence-electron chi connectivity index (χ2n) is 4.65. The van der Waals surface area contributed by atoms with Gasteiger partial charge < -0.3 is 10.5 Å². The van der Waals surface area contributed by atoms with Gasteiger partial charge in [0.1, 0.15) is 0 Å². The molecule has 15 heavy (non-hydrogen) atoms. The first-order valence-electron chi connectivity index (χ1n) is 6.26. The maximum Gasteiger partial charge on any atom is 0.0626 e. The molecule has 3 nitrogen and oxygen atoms in total. The highest BCUT2D eigenvalue weighted by Gasteiger charge is 2.22. The zero-order valence-electron chi connectivity index (χ0n) is 10.2. The third-order valence-corrected chi connectivity index (χ3v) is 3.22. The Kier molecular flexibility index (Phi) is 6.22. The lowest BCUT2D eigenvalue weighted by Gasteiger charge is -2.37. The van der Waals surface area contributed by atoms with Crippen LogP contribution in [0.15, 0.2) is 0 Å². The standard InChI is InChI=1S/C12H26N2O/c1-3-6-12-7-4-5-8-14(12)9-11(13)10-15-2/h11-12H,3-10,13H2,1-2H3. The fraction of sp³-hybridized carbons (Fsp3) is 1.00. The number of hydrogen-bond donors (Lipinski definition) is 1. The highest BCUT2D eigenvalue weighted by molar-refractivity contribution is 4.79. The summed E-state index contributed by atoms with van der Waals surface area (Å²) < 4.78 is 5.09. The van der Waals surface area contributed by atoms with Crippen molar-refractivity contribution in [3.05, 3.63) is 0 Å². The van der Waals surface area contributed by atoms with Crippen LogP contribution in [0.5, 0.6) is 0 Å². The SMILES string of the molecule is CCCC1CCCCN1CC(N)COC. The lowest BCUT2D eigenvalue weighted by atomic mass is 9.98. The molecular formula is C12H26N2O. The molecule has 0 aromatic heterocycles. The van der Waals surface area contributed by atoms with E-state index in [0.29, 0.717) is 6.61 Å². The molecule has 1 heterocycles. The fourth-order valence-electron chi connectivity index (χ4n) is 2.53. The molecule has 0 aromatic rings. The molecule has 0 amide bonds. The van der Waals surface area contributed by atoms with Crippen LogP contribution in [-0.2, 0) is 4.74 Å². The summed E-state index contributed by atoms with van der Waals surface area (Å²) >= 11 is 0. The highest BCUT2D eigenvalue weighted by atomic mass is 16.5. The van der Waals surface area contributed by atoms with E-state index >= 15 is 0 Å². The molecule has 1 saturated heterocycles. The van der Waals surface area contributed by atoms with E-state index in [4.69, 9.17) is 10.5 Å². The van der Waals surface area contributed by atoms with E-state index in [9.17, 15) is 0 Å². The second kappa shape index (κ2) is 7.20. The quantitative estimate of drug-likeness (QED) is 0.730. The Labute approximate surface area is 94.0 Å². The molecule has 0 saturated carbocycles. The monoisotopic (exact) mass is 214 g/mol. The molecule has 2 unspecified atom stereocenters. The van der Waals surface area contributed by atoms with Gasteiger partial charge in [-0.1, -0.05) is 19.8 Å². The topological polar surface area (TPSA) is 38.5 Å². The van der Waals surface area contributed by atoms with E-state index < -0.39 is 0 Å². The van der Waals surface area contributed by atoms with Crippen LogP contribution in [0.1, 0.15) is 39.0 Å². The molecular weight excluding hydrogens is 188 g/mol. The molecule has 0 bridgehead atoms. The minimum Gasteiger partial charge on any atom is -0.383 e. The van der Waals surface area contributed by atoms with Crippen molar-refractivity contribution < 1.29 is 4.74 Å². The van der Waals surface area contributed by atoms with Crippen molar-refractivity contribution in [1.29, 1.82) is 0 Å². The van der Waals surface area contributed by atoms with Gasteiger partial charge in [0.05, 0.1) is 6.61 Å². The van der Waals surface area contributed by atoms with E-state index in [0.717, 1.165) is 12.6 Å². The lowest BCUT2D eigenvalue weighted by molar-refractivity contribution is 0.104. The van der Waals surface area contributed by atoms with Crippen LogP contribution < -0.4 is 5.73 Å². The van der Waals surface area contributed by atoms with E-state index in [-0.39, 0.29) is 6.04 Å². The van der Waals surface area contributed by atoms with Crippen molar-refractivity contribution >= 4 is 0 Å². The summed E-state index contributed by atoms with van der Waals surface area (Å²) in [5.74, 6) is 0. The summed E-state index contributed by atoms with van der Waals surface area (Å²) in [4.78, 5) is 2.57. The van der Waals surface area contributed by atoms with Gasteiger partial charge >= 0.3 is 0 Å². The van der Waals surface area contributed by atoms with Gasteiger partial charge in [0.2, 0.25) is 0 Å². The zero-order chi connectivity index (χ0) is 11.1. The van der Waals surface area contributed by atoms with Gasteiger partial charge in [0.15, 0.2) is 0 Å². The van der Waals surface area contributed by atoms with Gasteiger partial charge in [0.25, 0.3) is 0 Å². The van der Waals surface area contributed by atoms with Crippen molar-refractivity contribution in [3.63, 3.8) is 0 Å². The predicted molar refractivity (Wildman–Crippen MR) is 64.0 cm³/mol. The molecule has 0 aliphatic carbocycles. The van der Waals surface area contributed by atoms with Gasteiger partial charge in [0, 0.05) is 25.7 Å². The van der Waals surface area contributed by atoms with Crippen molar-refractivity contribution in [2.45, 2.75) is 51.1 Å². The number of ether oxygens (including phenoxy) is 1. The van der Waals surface area contributed by atoms with Crippen LogP contribution in [0.25, 0.3) is 0 Å². The summed E-state index contributed by atoms with van der Waals surface area (Å²) in [6, 6.07) is 0.944. The summed E-state index contributed by atoms with van der Waals surface area (Å²) in [5, 5.41) is 0. The molecule has 0 radical (unpaired) electrons. The molecule has 1 rings (SSSR count). The normalized spacial score (nSPS) is 25.4. The first-order valence-corrected chi connectivity index (χ1v) is 6.26. The number of hydrogen-bond acceptors (Lipinski definition) is 3. The van der Waals surface area contributed by atoms with Gasteiger partial charge in [-0.25, -0.2) is 0 Å². The van der Waals surface area contributed by atoms with Crippen LogP contribution in [0, 0.1) is 0 Å². The van der Waals surface area contributed by atoms with E-state index in [2.05, 4.69) is 11.8 Å². The summed E-state index contributed by atoms with van der Waals surface area (Å²) in [7, 11) is 1.72. The number of nitrogens with two attached hydrogens (primary N) is 1. The first-order chi connectivity index (χ1) is 7.27.